The van der Waals surface area contributed by atoms with Crippen molar-refractivity contribution in [3.63, 3.8) is 0 Å². The second-order valence-electron chi connectivity index (χ2n) is 6.82. The number of carbonyl (C=O) groups is 3. The molecule has 2 atom stereocenters. The molecule has 2 unspecified atom stereocenters. The average Bonchev–Trinajstić information content (AvgIpc) is 3.19. The van der Waals surface area contributed by atoms with Crippen LogP contribution in [0.1, 0.15) is 45.4 Å². The lowest BCUT2D eigenvalue weighted by Crippen LogP contribution is -2.51. The number of hydrogen-bond acceptors (Lipinski definition) is 4. The lowest BCUT2D eigenvalue weighted by Gasteiger charge is -2.24. The van der Waals surface area contributed by atoms with Crippen molar-refractivity contribution in [1.82, 2.24) is 15.5 Å². The molecule has 22 heavy (non-hydrogen) atoms. The van der Waals surface area contributed by atoms with Crippen molar-refractivity contribution in [2.75, 3.05) is 6.54 Å². The van der Waals surface area contributed by atoms with Crippen LogP contribution in [-0.2, 0) is 9.59 Å². The van der Waals surface area contributed by atoms with Gasteiger partial charge in [0.15, 0.2) is 0 Å². The Morgan fingerprint density at radius 3 is 2.64 bits per heavy atom. The van der Waals surface area contributed by atoms with Gasteiger partial charge in [-0.15, -0.1) is 0 Å². The number of carbonyl (C=O) groups excluding carboxylic acids is 3. The van der Waals surface area contributed by atoms with E-state index in [0.29, 0.717) is 25.3 Å². The van der Waals surface area contributed by atoms with Crippen LogP contribution in [0.25, 0.3) is 0 Å². The van der Waals surface area contributed by atoms with E-state index in [-0.39, 0.29) is 17.9 Å². The van der Waals surface area contributed by atoms with Gasteiger partial charge in [-0.1, -0.05) is 12.8 Å². The monoisotopic (exact) mass is 308 g/mol. The van der Waals surface area contributed by atoms with Crippen LogP contribution in [0, 0.1) is 5.92 Å². The molecule has 4 amide bonds. The molecule has 4 N–H and O–H groups in total. The molecule has 3 aliphatic rings. The maximum atomic E-state index is 12.6. The highest BCUT2D eigenvalue weighted by Crippen LogP contribution is 2.35. The smallest absolute Gasteiger partial charge is 0.325 e. The zero-order valence-corrected chi connectivity index (χ0v) is 12.9. The van der Waals surface area contributed by atoms with E-state index in [2.05, 4.69) is 10.6 Å². The van der Waals surface area contributed by atoms with Crippen molar-refractivity contribution >= 4 is 17.8 Å². The van der Waals surface area contributed by atoms with Crippen LogP contribution in [-0.4, -0.2) is 46.9 Å². The first-order valence-corrected chi connectivity index (χ1v) is 8.14. The van der Waals surface area contributed by atoms with Gasteiger partial charge in [0.1, 0.15) is 11.6 Å². The number of rotatable bonds is 5. The fourth-order valence-electron chi connectivity index (χ4n) is 3.48. The zero-order chi connectivity index (χ0) is 15.9. The summed E-state index contributed by atoms with van der Waals surface area (Å²) in [6.45, 7) is 1.98. The van der Waals surface area contributed by atoms with Gasteiger partial charge in [-0.2, -0.15) is 0 Å². The van der Waals surface area contributed by atoms with Crippen molar-refractivity contribution < 1.29 is 14.4 Å². The number of amides is 4. The van der Waals surface area contributed by atoms with E-state index in [9.17, 15) is 14.4 Å². The van der Waals surface area contributed by atoms with E-state index in [1.54, 1.807) is 6.92 Å². The molecule has 0 radical (unpaired) electrons. The second kappa shape index (κ2) is 5.53. The molecule has 1 saturated heterocycles. The maximum absolute atomic E-state index is 12.6. The highest BCUT2D eigenvalue weighted by molar-refractivity contribution is 6.09. The minimum atomic E-state index is -0.807. The molecule has 7 nitrogen and oxygen atoms in total. The number of nitrogens with two attached hydrogens (primary N) is 1. The second-order valence-corrected chi connectivity index (χ2v) is 6.82. The maximum Gasteiger partial charge on any atom is 0.325 e. The Labute approximate surface area is 130 Å². The van der Waals surface area contributed by atoms with Gasteiger partial charge in [0.05, 0.1) is 0 Å². The Morgan fingerprint density at radius 2 is 2.05 bits per heavy atom. The van der Waals surface area contributed by atoms with E-state index in [0.717, 1.165) is 30.6 Å². The average molecular weight is 308 g/mol. The first-order chi connectivity index (χ1) is 10.4. The predicted octanol–water partition coefficient (Wildman–Crippen LogP) is 0.0930. The van der Waals surface area contributed by atoms with Crippen LogP contribution in [0.4, 0.5) is 4.79 Å². The molecule has 0 bridgehead atoms. The molecule has 0 aromatic carbocycles. The van der Waals surface area contributed by atoms with Gasteiger partial charge < -0.3 is 16.4 Å². The molecule has 3 fully saturated rings. The van der Waals surface area contributed by atoms with Crippen LogP contribution in [0.15, 0.2) is 0 Å². The summed E-state index contributed by atoms with van der Waals surface area (Å²) >= 11 is 0. The van der Waals surface area contributed by atoms with E-state index in [4.69, 9.17) is 5.73 Å². The standard InChI is InChI=1S/C15H24N4O3/c1-9(12(20)17-8-11(16)10-4-5-10)19-13(21)15(18-14(19)22)6-2-3-7-15/h9-11H,2-8,16H2,1H3,(H,17,20)(H,18,22). The first-order valence-electron chi connectivity index (χ1n) is 8.14. The van der Waals surface area contributed by atoms with Crippen LogP contribution in [0.2, 0.25) is 0 Å². The van der Waals surface area contributed by atoms with Gasteiger partial charge >= 0.3 is 6.03 Å². The zero-order valence-electron chi connectivity index (χ0n) is 12.9. The molecule has 122 valence electrons. The first kappa shape index (κ1) is 15.3. The van der Waals surface area contributed by atoms with Gasteiger partial charge in [0.25, 0.3) is 5.91 Å². The summed E-state index contributed by atoms with van der Waals surface area (Å²) in [5.74, 6) is -0.0899. The summed E-state index contributed by atoms with van der Waals surface area (Å²) in [7, 11) is 0. The molecule has 3 rings (SSSR count). The van der Waals surface area contributed by atoms with Crippen LogP contribution >= 0.6 is 0 Å². The molecule has 7 heteroatoms. The van der Waals surface area contributed by atoms with Gasteiger partial charge in [-0.05, 0) is 38.5 Å². The summed E-state index contributed by atoms with van der Waals surface area (Å²) in [4.78, 5) is 38.0. The molecular formula is C15H24N4O3. The lowest BCUT2D eigenvalue weighted by molar-refractivity contribution is -0.137. The summed E-state index contributed by atoms with van der Waals surface area (Å²) in [6.07, 6.45) is 5.40. The van der Waals surface area contributed by atoms with Crippen molar-refractivity contribution in [3.05, 3.63) is 0 Å². The van der Waals surface area contributed by atoms with Crippen molar-refractivity contribution in [2.24, 2.45) is 11.7 Å². The number of nitrogens with zero attached hydrogens (tertiary/aromatic N) is 1. The van der Waals surface area contributed by atoms with E-state index in [1.165, 1.54) is 0 Å². The number of urea groups is 1. The molecule has 2 saturated carbocycles. The third-order valence-electron chi connectivity index (χ3n) is 5.16. The largest absolute Gasteiger partial charge is 0.353 e. The van der Waals surface area contributed by atoms with Gasteiger partial charge in [0.2, 0.25) is 5.91 Å². The Kier molecular flexibility index (Phi) is 3.84. The summed E-state index contributed by atoms with van der Waals surface area (Å²) in [5, 5.41) is 5.55. The Hall–Kier alpha value is -1.63. The summed E-state index contributed by atoms with van der Waals surface area (Å²) < 4.78 is 0. The van der Waals surface area contributed by atoms with Crippen molar-refractivity contribution in [3.8, 4) is 0 Å². The van der Waals surface area contributed by atoms with Gasteiger partial charge in [-0.25, -0.2) is 9.69 Å². The highest BCUT2D eigenvalue weighted by Gasteiger charge is 2.54. The SMILES string of the molecule is CC(C(=O)NCC(N)C1CC1)N1C(=O)NC2(CCCC2)C1=O. The molecule has 1 aliphatic heterocycles. The predicted molar refractivity (Wildman–Crippen MR) is 79.7 cm³/mol. The third kappa shape index (κ3) is 2.58. The van der Waals surface area contributed by atoms with Gasteiger partial charge in [0, 0.05) is 12.6 Å². The molecule has 1 heterocycles. The van der Waals surface area contributed by atoms with Crippen LogP contribution in [0.5, 0.6) is 0 Å². The summed E-state index contributed by atoms with van der Waals surface area (Å²) in [6, 6.07) is -1.31. The van der Waals surface area contributed by atoms with E-state index in [1.807, 2.05) is 0 Å². The third-order valence-corrected chi connectivity index (χ3v) is 5.16. The Morgan fingerprint density at radius 1 is 1.41 bits per heavy atom. The van der Waals surface area contributed by atoms with Crippen molar-refractivity contribution in [2.45, 2.75) is 63.1 Å². The molecule has 1 spiro atoms. The molecule has 2 aliphatic carbocycles. The minimum Gasteiger partial charge on any atom is -0.353 e. The minimum absolute atomic E-state index is 0.0413. The Balaban J connectivity index is 1.60. The lowest BCUT2D eigenvalue weighted by atomic mass is 9.97. The van der Waals surface area contributed by atoms with Crippen LogP contribution in [0.3, 0.4) is 0 Å². The Bertz CT molecular complexity index is 497. The number of hydrogen-bond donors (Lipinski definition) is 3. The van der Waals surface area contributed by atoms with E-state index >= 15 is 0 Å². The fourth-order valence-corrected chi connectivity index (χ4v) is 3.48. The molecule has 0 aromatic rings. The molecule has 0 aromatic heterocycles. The summed E-state index contributed by atoms with van der Waals surface area (Å²) in [5.41, 5.74) is 5.19. The quantitative estimate of drug-likeness (QED) is 0.626. The van der Waals surface area contributed by atoms with E-state index < -0.39 is 17.6 Å². The fraction of sp³-hybridized carbons (Fsp3) is 0.800. The number of nitrogens with one attached hydrogen (secondary N) is 2. The normalized spacial score (nSPS) is 26.2. The van der Waals surface area contributed by atoms with Crippen molar-refractivity contribution in [1.29, 1.82) is 0 Å². The number of imide groups is 1. The molecular weight excluding hydrogens is 284 g/mol. The topological polar surface area (TPSA) is 105 Å². The van der Waals surface area contributed by atoms with Crippen LogP contribution < -0.4 is 16.4 Å². The highest BCUT2D eigenvalue weighted by atomic mass is 16.2. The van der Waals surface area contributed by atoms with Gasteiger partial charge in [-0.3, -0.25) is 9.59 Å².